The molecule has 0 amide bonds. The van der Waals surface area contributed by atoms with Gasteiger partial charge in [-0.25, -0.2) is 0 Å². The molecule has 14 heavy (non-hydrogen) atoms. The van der Waals surface area contributed by atoms with Gasteiger partial charge in [0.15, 0.2) is 0 Å². The van der Waals surface area contributed by atoms with Gasteiger partial charge in [-0.15, -0.1) is 0 Å². The molecule has 0 saturated carbocycles. The van der Waals surface area contributed by atoms with Gasteiger partial charge in [0, 0.05) is 12.8 Å². The zero-order valence-electron chi connectivity index (χ0n) is 8.03. The van der Waals surface area contributed by atoms with Gasteiger partial charge in [0.2, 0.25) is 0 Å². The van der Waals surface area contributed by atoms with Crippen LogP contribution in [0.15, 0.2) is 0 Å². The van der Waals surface area contributed by atoms with Crippen molar-refractivity contribution in [3.8, 4) is 0 Å². The van der Waals surface area contributed by atoms with Gasteiger partial charge in [-0.3, -0.25) is 0 Å². The average molecular weight is 204 g/mol. The van der Waals surface area contributed by atoms with Crippen LogP contribution in [0.1, 0.15) is 25.7 Å². The van der Waals surface area contributed by atoms with Gasteiger partial charge in [-0.1, -0.05) is 0 Å². The molecule has 0 bridgehead atoms. The quantitative estimate of drug-likeness (QED) is 0.402. The smallest absolute Gasteiger partial charge is 0.124 e. The molecule has 6 nitrogen and oxygen atoms in total. The van der Waals surface area contributed by atoms with E-state index in [2.05, 4.69) is 11.5 Å². The molecular weight excluding hydrogens is 188 g/mol. The number of carbonyl (C=O) groups is 2. The first-order chi connectivity index (χ1) is 6.45. The molecule has 0 radical (unpaired) electrons. The molecule has 6 N–H and O–H groups in total. The molecule has 0 aliphatic heterocycles. The van der Waals surface area contributed by atoms with E-state index >= 15 is 0 Å². The third-order valence-electron chi connectivity index (χ3n) is 2.02. The van der Waals surface area contributed by atoms with Crippen LogP contribution in [-0.2, 0) is 9.59 Å². The Morgan fingerprint density at radius 3 is 1.43 bits per heavy atom. The Kier molecular flexibility index (Phi) is 5.82. The standard InChI is InChI=1S/C8H16N2O4/c9-5(7(11)12)3-1-2-4-6(10)8(13)14/h5-6H,1-4,9-10H2,(H,11,12)(H,13,14)/t5-,6-/m1/s1. The summed E-state index contributed by atoms with van der Waals surface area (Å²) in [6.07, 6.45) is 2.03. The highest BCUT2D eigenvalue weighted by atomic mass is 16.4. The first-order valence-corrected chi connectivity index (χ1v) is 4.53. The molecule has 0 fully saturated rings. The summed E-state index contributed by atoms with van der Waals surface area (Å²) in [5, 5.41) is 20.5. The number of carboxylic acid groups (broad SMARTS) is 2. The van der Waals surface area contributed by atoms with Crippen LogP contribution in [0.25, 0.3) is 0 Å². The van der Waals surface area contributed by atoms with Crippen LogP contribution < -0.4 is 21.7 Å². The number of quaternary nitrogens is 2. The number of hydrogen-bond acceptors (Lipinski definition) is 4. The second-order valence-electron chi connectivity index (χ2n) is 3.32. The summed E-state index contributed by atoms with van der Waals surface area (Å²) < 4.78 is 0. The molecule has 2 atom stereocenters. The van der Waals surface area contributed by atoms with E-state index < -0.39 is 24.0 Å². The van der Waals surface area contributed by atoms with Crippen LogP contribution in [-0.4, -0.2) is 24.0 Å². The number of carboxylic acids is 2. The number of unbranched alkanes of at least 4 members (excludes halogenated alkanes) is 1. The molecule has 0 aliphatic rings. The second-order valence-corrected chi connectivity index (χ2v) is 3.32. The minimum absolute atomic E-state index is 0.405. The highest BCUT2D eigenvalue weighted by molar-refractivity contribution is 5.69. The van der Waals surface area contributed by atoms with E-state index in [4.69, 9.17) is 0 Å². The molecule has 82 valence electrons. The summed E-state index contributed by atoms with van der Waals surface area (Å²) in [7, 11) is 0. The second kappa shape index (κ2) is 6.33. The zero-order chi connectivity index (χ0) is 11.1. The highest BCUT2D eigenvalue weighted by Gasteiger charge is 2.09. The summed E-state index contributed by atoms with van der Waals surface area (Å²) in [5.41, 5.74) is 6.77. The Labute approximate surface area is 81.9 Å². The monoisotopic (exact) mass is 204 g/mol. The fraction of sp³-hybridized carbons (Fsp3) is 0.750. The van der Waals surface area contributed by atoms with Crippen molar-refractivity contribution in [3.05, 3.63) is 0 Å². The third-order valence-corrected chi connectivity index (χ3v) is 2.02. The fourth-order valence-corrected chi connectivity index (χ4v) is 1.02. The molecule has 0 unspecified atom stereocenters. The van der Waals surface area contributed by atoms with E-state index in [-0.39, 0.29) is 0 Å². The summed E-state index contributed by atoms with van der Waals surface area (Å²) in [6.45, 7) is 0. The Hall–Kier alpha value is -1.14. The minimum atomic E-state index is -1.17. The first-order valence-electron chi connectivity index (χ1n) is 4.53. The number of carbonyl (C=O) groups excluding carboxylic acids is 2. The van der Waals surface area contributed by atoms with Crippen LogP contribution >= 0.6 is 0 Å². The summed E-state index contributed by atoms with van der Waals surface area (Å²) in [5.74, 6) is -2.34. The average Bonchev–Trinajstić information content (AvgIpc) is 2.11. The van der Waals surface area contributed by atoms with Crippen molar-refractivity contribution < 1.29 is 31.3 Å². The van der Waals surface area contributed by atoms with Crippen molar-refractivity contribution in [1.29, 1.82) is 0 Å². The molecule has 0 aromatic heterocycles. The molecule has 0 aliphatic carbocycles. The van der Waals surface area contributed by atoms with Gasteiger partial charge >= 0.3 is 0 Å². The minimum Gasteiger partial charge on any atom is -0.544 e. The van der Waals surface area contributed by atoms with Crippen molar-refractivity contribution in [1.82, 2.24) is 0 Å². The van der Waals surface area contributed by atoms with Gasteiger partial charge < -0.3 is 31.3 Å². The van der Waals surface area contributed by atoms with E-state index in [0.717, 1.165) is 0 Å². The predicted octanol–water partition coefficient (Wildman–Crippen LogP) is -4.73. The lowest BCUT2D eigenvalue weighted by Crippen LogP contribution is -2.68. The molecular formula is C8H16N2O4. The fourth-order valence-electron chi connectivity index (χ4n) is 1.02. The third kappa shape index (κ3) is 5.50. The summed E-state index contributed by atoms with van der Waals surface area (Å²) in [6, 6.07) is -1.44. The molecule has 0 heterocycles. The maximum atomic E-state index is 10.2. The molecule has 6 heteroatoms. The van der Waals surface area contributed by atoms with Gasteiger partial charge in [-0.2, -0.15) is 0 Å². The zero-order valence-corrected chi connectivity index (χ0v) is 8.03. The first kappa shape index (κ1) is 12.9. The largest absolute Gasteiger partial charge is 0.544 e. The van der Waals surface area contributed by atoms with Crippen molar-refractivity contribution in [3.63, 3.8) is 0 Å². The van der Waals surface area contributed by atoms with E-state index in [1.165, 1.54) is 0 Å². The molecule has 0 saturated heterocycles. The van der Waals surface area contributed by atoms with E-state index in [0.29, 0.717) is 25.7 Å². The van der Waals surface area contributed by atoms with Crippen molar-refractivity contribution in [2.75, 3.05) is 0 Å². The molecule has 0 spiro atoms. The Bertz CT molecular complexity index is 186. The highest BCUT2D eigenvalue weighted by Crippen LogP contribution is 2.02. The maximum Gasteiger partial charge on any atom is 0.124 e. The summed E-state index contributed by atoms with van der Waals surface area (Å²) in [4.78, 5) is 20.5. The lowest BCUT2D eigenvalue weighted by atomic mass is 10.1. The van der Waals surface area contributed by atoms with Crippen LogP contribution in [0.4, 0.5) is 0 Å². The van der Waals surface area contributed by atoms with Crippen molar-refractivity contribution in [2.24, 2.45) is 0 Å². The Morgan fingerprint density at radius 1 is 0.929 bits per heavy atom. The van der Waals surface area contributed by atoms with E-state index in [9.17, 15) is 19.8 Å². The van der Waals surface area contributed by atoms with Gasteiger partial charge in [0.25, 0.3) is 0 Å². The van der Waals surface area contributed by atoms with Crippen LogP contribution in [0.3, 0.4) is 0 Å². The normalized spacial score (nSPS) is 14.7. The van der Waals surface area contributed by atoms with E-state index in [1.54, 1.807) is 0 Å². The van der Waals surface area contributed by atoms with Crippen molar-refractivity contribution in [2.45, 2.75) is 37.8 Å². The number of hydrogen-bond donors (Lipinski definition) is 2. The van der Waals surface area contributed by atoms with E-state index in [1.807, 2.05) is 0 Å². The van der Waals surface area contributed by atoms with Crippen LogP contribution in [0.5, 0.6) is 0 Å². The molecule has 0 aromatic rings. The molecule has 0 aromatic carbocycles. The van der Waals surface area contributed by atoms with Crippen LogP contribution in [0.2, 0.25) is 0 Å². The Balaban J connectivity index is 3.47. The Morgan fingerprint density at radius 2 is 1.21 bits per heavy atom. The SMILES string of the molecule is [NH3+][C@H](CCCC[C@@H]([NH3+])C(=O)[O-])C(=O)[O-]. The topological polar surface area (TPSA) is 136 Å². The van der Waals surface area contributed by atoms with Crippen LogP contribution in [0, 0.1) is 0 Å². The van der Waals surface area contributed by atoms with Gasteiger partial charge in [0.1, 0.15) is 12.1 Å². The number of aliphatic carboxylic acids is 2. The maximum absolute atomic E-state index is 10.2. The predicted molar refractivity (Wildman–Crippen MR) is 41.8 cm³/mol. The lowest BCUT2D eigenvalue weighted by molar-refractivity contribution is -0.441. The van der Waals surface area contributed by atoms with Gasteiger partial charge in [0.05, 0.1) is 11.9 Å². The van der Waals surface area contributed by atoms with Gasteiger partial charge in [-0.05, 0) is 12.8 Å². The number of rotatable bonds is 7. The molecule has 0 rings (SSSR count). The summed E-state index contributed by atoms with van der Waals surface area (Å²) >= 11 is 0. The lowest BCUT2D eigenvalue weighted by Gasteiger charge is -2.10. The van der Waals surface area contributed by atoms with Crippen molar-refractivity contribution >= 4 is 11.9 Å².